The van der Waals surface area contributed by atoms with E-state index < -0.39 is 0 Å². The molecule has 0 N–H and O–H groups in total. The molecule has 7 heteroatoms. The van der Waals surface area contributed by atoms with E-state index >= 15 is 0 Å². The second-order valence-corrected chi connectivity index (χ2v) is 12.9. The first-order valence-corrected chi connectivity index (χ1v) is 15.7. The van der Waals surface area contributed by atoms with Crippen molar-refractivity contribution >= 4 is 28.5 Å². The summed E-state index contributed by atoms with van der Waals surface area (Å²) in [6.07, 6.45) is 14.2. The number of hydrogen-bond acceptors (Lipinski definition) is 7. The average Bonchev–Trinajstić information content (AvgIpc) is 3.68. The van der Waals surface area contributed by atoms with Gasteiger partial charge in [0.15, 0.2) is 12.6 Å². The molecule has 2 aromatic rings. The molecular formula is C29H38O5S2. The summed E-state index contributed by atoms with van der Waals surface area (Å²) in [7, 11) is 0. The molecule has 5 nitrogen and oxygen atoms in total. The van der Waals surface area contributed by atoms with E-state index in [1.165, 1.54) is 62.5 Å². The third kappa shape index (κ3) is 5.38. The van der Waals surface area contributed by atoms with E-state index in [2.05, 4.69) is 12.1 Å². The number of ether oxygens (including phenoxy) is 4. The summed E-state index contributed by atoms with van der Waals surface area (Å²) >= 11 is 3.21. The zero-order chi connectivity index (χ0) is 24.3. The molecule has 4 heterocycles. The summed E-state index contributed by atoms with van der Waals surface area (Å²) in [5.41, 5.74) is 2.47. The summed E-state index contributed by atoms with van der Waals surface area (Å²) in [5.74, 6) is 1.08. The van der Waals surface area contributed by atoms with Crippen molar-refractivity contribution in [1.82, 2.24) is 0 Å². The van der Waals surface area contributed by atoms with Crippen LogP contribution in [0.25, 0.3) is 0 Å². The van der Waals surface area contributed by atoms with Crippen LogP contribution in [-0.2, 0) is 18.9 Å². The van der Waals surface area contributed by atoms with Gasteiger partial charge in [-0.05, 0) is 60.8 Å². The average molecular weight is 531 g/mol. The lowest BCUT2D eigenvalue weighted by Crippen LogP contribution is -2.08. The molecular weight excluding hydrogens is 492 g/mol. The van der Waals surface area contributed by atoms with Gasteiger partial charge in [0.25, 0.3) is 0 Å². The molecule has 36 heavy (non-hydrogen) atoms. The first kappa shape index (κ1) is 25.2. The quantitative estimate of drug-likeness (QED) is 0.280. The number of carbonyl (C=O) groups is 1. The second-order valence-electron chi connectivity index (χ2n) is 10.7. The lowest BCUT2D eigenvalue weighted by atomic mass is 9.88. The van der Waals surface area contributed by atoms with Gasteiger partial charge in [-0.15, -0.1) is 22.7 Å². The third-order valence-corrected chi connectivity index (χ3v) is 10.6. The molecule has 2 saturated carbocycles. The maximum atomic E-state index is 14.5. The molecule has 0 amide bonds. The Bertz CT molecular complexity index is 934. The van der Waals surface area contributed by atoms with E-state index in [1.807, 2.05) is 0 Å². The predicted octanol–water partition coefficient (Wildman–Crippen LogP) is 8.01. The number of carbonyl (C=O) groups excluding carboxylic acids is 1. The molecule has 2 aliphatic carbocycles. The Kier molecular flexibility index (Phi) is 8.23. The summed E-state index contributed by atoms with van der Waals surface area (Å²) in [5, 5.41) is 0. The first-order chi connectivity index (χ1) is 17.8. The van der Waals surface area contributed by atoms with Crippen LogP contribution < -0.4 is 0 Å². The van der Waals surface area contributed by atoms with Gasteiger partial charge in [-0.1, -0.05) is 51.4 Å². The molecule has 0 atom stereocenters. The van der Waals surface area contributed by atoms with Crippen molar-refractivity contribution in [3.8, 4) is 0 Å². The van der Waals surface area contributed by atoms with Gasteiger partial charge in [0.2, 0.25) is 5.78 Å². The van der Waals surface area contributed by atoms with E-state index in [-0.39, 0.29) is 18.4 Å². The highest BCUT2D eigenvalue weighted by molar-refractivity contribution is 7.18. The summed E-state index contributed by atoms with van der Waals surface area (Å²) in [6, 6.07) is 4.49. The van der Waals surface area contributed by atoms with Gasteiger partial charge in [-0.3, -0.25) is 4.79 Å². The largest absolute Gasteiger partial charge is 0.345 e. The molecule has 6 rings (SSSR count). The van der Waals surface area contributed by atoms with Crippen LogP contribution in [0.15, 0.2) is 12.1 Å². The fraction of sp³-hybridized carbons (Fsp3) is 0.690. The normalized spacial score (nSPS) is 23.8. The second kappa shape index (κ2) is 11.7. The van der Waals surface area contributed by atoms with E-state index in [0.717, 1.165) is 45.2 Å². The molecule has 196 valence electrons. The maximum Gasteiger partial charge on any atom is 0.213 e. The molecule has 4 aliphatic rings. The first-order valence-electron chi connectivity index (χ1n) is 14.1. The number of hydrogen-bond donors (Lipinski definition) is 0. The SMILES string of the molecule is O=C(c1sc(C2OCCO2)cc1C1CCCCCC1)c1sc(C2OCCO2)cc1C1CCCCCC1. The van der Waals surface area contributed by atoms with Crippen LogP contribution in [0.3, 0.4) is 0 Å². The van der Waals surface area contributed by atoms with Crippen LogP contribution >= 0.6 is 22.7 Å². The Hall–Kier alpha value is -1.09. The van der Waals surface area contributed by atoms with Gasteiger partial charge >= 0.3 is 0 Å². The fourth-order valence-electron chi connectivity index (χ4n) is 6.37. The maximum absolute atomic E-state index is 14.5. The lowest BCUT2D eigenvalue weighted by Gasteiger charge is -2.17. The Morgan fingerprint density at radius 1 is 0.583 bits per heavy atom. The van der Waals surface area contributed by atoms with E-state index in [1.54, 1.807) is 22.7 Å². The number of rotatable bonds is 6. The van der Waals surface area contributed by atoms with Crippen molar-refractivity contribution in [1.29, 1.82) is 0 Å². The van der Waals surface area contributed by atoms with E-state index in [0.29, 0.717) is 38.3 Å². The van der Waals surface area contributed by atoms with E-state index in [4.69, 9.17) is 18.9 Å². The summed E-state index contributed by atoms with van der Waals surface area (Å²) < 4.78 is 23.4. The molecule has 0 bridgehead atoms. The molecule has 0 aromatic carbocycles. The Morgan fingerprint density at radius 3 is 1.31 bits per heavy atom. The topological polar surface area (TPSA) is 54.0 Å². The molecule has 2 aliphatic heterocycles. The van der Waals surface area contributed by atoms with Gasteiger partial charge in [0, 0.05) is 0 Å². The van der Waals surface area contributed by atoms with Crippen LogP contribution in [0, 0.1) is 0 Å². The standard InChI is InChI=1S/C29H38O5S2/c30-25(26-21(19-9-5-1-2-6-10-19)17-23(35-26)28-31-13-14-32-28)27-22(20-11-7-3-4-8-12-20)18-24(36-27)29-33-15-16-34-29/h17-20,28-29H,1-16H2. The summed E-state index contributed by atoms with van der Waals surface area (Å²) in [6.45, 7) is 2.47. The highest BCUT2D eigenvalue weighted by atomic mass is 32.1. The zero-order valence-electron chi connectivity index (χ0n) is 21.1. The van der Waals surface area contributed by atoms with Crippen molar-refractivity contribution in [2.24, 2.45) is 0 Å². The molecule has 0 unspecified atom stereocenters. The van der Waals surface area contributed by atoms with Crippen LogP contribution in [0.2, 0.25) is 0 Å². The monoisotopic (exact) mass is 530 g/mol. The highest BCUT2D eigenvalue weighted by Crippen LogP contribution is 2.45. The minimum atomic E-state index is -0.332. The molecule has 2 saturated heterocycles. The van der Waals surface area contributed by atoms with Crippen LogP contribution in [-0.4, -0.2) is 32.2 Å². The Labute approximate surface area is 222 Å². The summed E-state index contributed by atoms with van der Waals surface area (Å²) in [4.78, 5) is 18.4. The highest BCUT2D eigenvalue weighted by Gasteiger charge is 2.33. The van der Waals surface area contributed by atoms with Gasteiger partial charge in [0.05, 0.1) is 45.9 Å². The molecule has 4 fully saturated rings. The van der Waals surface area contributed by atoms with Crippen molar-refractivity contribution in [3.05, 3.63) is 42.8 Å². The van der Waals surface area contributed by atoms with Crippen LogP contribution in [0.5, 0.6) is 0 Å². The zero-order valence-corrected chi connectivity index (χ0v) is 22.8. The molecule has 0 radical (unpaired) electrons. The number of thiophene rings is 2. The van der Waals surface area contributed by atoms with Gasteiger partial charge < -0.3 is 18.9 Å². The minimum Gasteiger partial charge on any atom is -0.345 e. The van der Waals surface area contributed by atoms with Crippen molar-refractivity contribution < 1.29 is 23.7 Å². The Balaban J connectivity index is 1.39. The van der Waals surface area contributed by atoms with E-state index in [9.17, 15) is 4.79 Å². The van der Waals surface area contributed by atoms with Crippen molar-refractivity contribution in [2.75, 3.05) is 26.4 Å². The van der Waals surface area contributed by atoms with Gasteiger partial charge in [-0.2, -0.15) is 0 Å². The predicted molar refractivity (Wildman–Crippen MR) is 142 cm³/mol. The minimum absolute atomic E-state index is 0.192. The van der Waals surface area contributed by atoms with Crippen molar-refractivity contribution in [2.45, 2.75) is 101 Å². The van der Waals surface area contributed by atoms with Gasteiger partial charge in [0.1, 0.15) is 0 Å². The van der Waals surface area contributed by atoms with Crippen LogP contribution in [0.4, 0.5) is 0 Å². The molecule has 0 spiro atoms. The smallest absolute Gasteiger partial charge is 0.213 e. The Morgan fingerprint density at radius 2 is 0.944 bits per heavy atom. The van der Waals surface area contributed by atoms with Crippen molar-refractivity contribution in [3.63, 3.8) is 0 Å². The third-order valence-electron chi connectivity index (χ3n) is 8.27. The fourth-order valence-corrected chi connectivity index (χ4v) is 8.82. The van der Waals surface area contributed by atoms with Crippen LogP contribution in [0.1, 0.15) is 137 Å². The van der Waals surface area contributed by atoms with Gasteiger partial charge in [-0.25, -0.2) is 0 Å². The number of ketones is 1. The molecule has 2 aromatic heterocycles. The lowest BCUT2D eigenvalue weighted by molar-refractivity contribution is -0.0415.